The summed E-state index contributed by atoms with van der Waals surface area (Å²) in [5, 5.41) is 12.5. The van der Waals surface area contributed by atoms with Crippen LogP contribution in [0.15, 0.2) is 22.7 Å². The fourth-order valence-electron chi connectivity index (χ4n) is 2.93. The summed E-state index contributed by atoms with van der Waals surface area (Å²) in [4.78, 5) is 23.6. The van der Waals surface area contributed by atoms with Gasteiger partial charge in [0, 0.05) is 24.2 Å². The van der Waals surface area contributed by atoms with E-state index in [1.807, 2.05) is 39.0 Å². The van der Waals surface area contributed by atoms with Gasteiger partial charge >= 0.3 is 6.03 Å². The molecule has 0 bridgehead atoms. The monoisotopic (exact) mass is 342 g/mol. The molecule has 1 atom stereocenters. The Bertz CT molecular complexity index is 793. The number of rotatable bonds is 4. The molecule has 0 spiro atoms. The number of benzene rings is 1. The van der Waals surface area contributed by atoms with Gasteiger partial charge in [-0.15, -0.1) is 0 Å². The average Bonchev–Trinajstić information content (AvgIpc) is 2.90. The molecule has 3 amide bonds. The van der Waals surface area contributed by atoms with Crippen molar-refractivity contribution in [1.82, 2.24) is 15.8 Å². The van der Waals surface area contributed by atoms with E-state index in [2.05, 4.69) is 21.1 Å². The first-order chi connectivity index (χ1) is 11.9. The minimum atomic E-state index is -0.251. The van der Waals surface area contributed by atoms with Crippen molar-refractivity contribution in [2.75, 3.05) is 5.32 Å². The second-order valence-corrected chi connectivity index (χ2v) is 6.32. The lowest BCUT2D eigenvalue weighted by atomic mass is 9.98. The lowest BCUT2D eigenvalue weighted by molar-refractivity contribution is -0.116. The number of amides is 3. The third kappa shape index (κ3) is 3.81. The van der Waals surface area contributed by atoms with Crippen LogP contribution in [0.5, 0.6) is 0 Å². The highest BCUT2D eigenvalue weighted by atomic mass is 16.5. The fraction of sp³-hybridized carbons (Fsp3) is 0.389. The predicted octanol–water partition coefficient (Wildman–Crippen LogP) is 2.74. The molecule has 0 unspecified atom stereocenters. The van der Waals surface area contributed by atoms with Gasteiger partial charge in [-0.2, -0.15) is 0 Å². The zero-order valence-corrected chi connectivity index (χ0v) is 14.6. The number of aryl methyl sites for hydroxylation is 3. The van der Waals surface area contributed by atoms with E-state index in [0.29, 0.717) is 18.7 Å². The van der Waals surface area contributed by atoms with E-state index < -0.39 is 0 Å². The summed E-state index contributed by atoms with van der Waals surface area (Å²) >= 11 is 0. The Hall–Kier alpha value is -2.83. The van der Waals surface area contributed by atoms with E-state index in [9.17, 15) is 9.59 Å². The number of fused-ring (bicyclic) bond motifs is 1. The maximum Gasteiger partial charge on any atom is 0.315 e. The summed E-state index contributed by atoms with van der Waals surface area (Å²) < 4.78 is 5.09. The zero-order chi connectivity index (χ0) is 18.0. The molecule has 1 aromatic heterocycles. The number of anilines is 1. The summed E-state index contributed by atoms with van der Waals surface area (Å²) in [5.74, 6) is 0.757. The first kappa shape index (κ1) is 17.0. The van der Waals surface area contributed by atoms with Crippen LogP contribution in [0.4, 0.5) is 10.5 Å². The molecule has 2 aromatic rings. The molecule has 0 aliphatic carbocycles. The Kier molecular flexibility index (Phi) is 4.74. The second kappa shape index (κ2) is 6.96. The Balaban J connectivity index is 1.59. The number of hydrogen-bond donors (Lipinski definition) is 3. The molecule has 1 aliphatic heterocycles. The molecule has 1 aliphatic rings. The Labute approximate surface area is 146 Å². The molecule has 7 nitrogen and oxygen atoms in total. The van der Waals surface area contributed by atoms with Gasteiger partial charge in [-0.1, -0.05) is 17.3 Å². The van der Waals surface area contributed by atoms with Crippen LogP contribution < -0.4 is 16.0 Å². The third-order valence-electron chi connectivity index (χ3n) is 4.48. The lowest BCUT2D eigenvalue weighted by Crippen LogP contribution is -2.36. The van der Waals surface area contributed by atoms with Crippen LogP contribution in [0.1, 0.15) is 47.5 Å². The van der Waals surface area contributed by atoms with Gasteiger partial charge in [-0.05, 0) is 44.4 Å². The van der Waals surface area contributed by atoms with Gasteiger partial charge in [-0.25, -0.2) is 4.79 Å². The molecule has 2 heterocycles. The van der Waals surface area contributed by atoms with Crippen LogP contribution in [0.25, 0.3) is 0 Å². The fourth-order valence-corrected chi connectivity index (χ4v) is 2.93. The SMILES string of the molecule is Cc1noc(C)c1CNC(=O)N[C@H](C)c1ccc2c(c1)CCC(=O)N2. The second-order valence-electron chi connectivity index (χ2n) is 6.32. The molecule has 3 rings (SSSR count). The van der Waals surface area contributed by atoms with Crippen LogP contribution in [-0.4, -0.2) is 17.1 Å². The molecule has 0 fully saturated rings. The first-order valence-corrected chi connectivity index (χ1v) is 8.33. The Morgan fingerprint density at radius 2 is 2.16 bits per heavy atom. The van der Waals surface area contributed by atoms with Crippen molar-refractivity contribution in [1.29, 1.82) is 0 Å². The molecule has 0 radical (unpaired) electrons. The lowest BCUT2D eigenvalue weighted by Gasteiger charge is -2.20. The molecule has 7 heteroatoms. The van der Waals surface area contributed by atoms with Gasteiger partial charge < -0.3 is 20.5 Å². The molecule has 132 valence electrons. The largest absolute Gasteiger partial charge is 0.361 e. The smallest absolute Gasteiger partial charge is 0.315 e. The van der Waals surface area contributed by atoms with Crippen LogP contribution in [0.2, 0.25) is 0 Å². The maximum absolute atomic E-state index is 12.1. The number of nitrogens with one attached hydrogen (secondary N) is 3. The van der Waals surface area contributed by atoms with E-state index >= 15 is 0 Å². The summed E-state index contributed by atoms with van der Waals surface area (Å²) in [7, 11) is 0. The zero-order valence-electron chi connectivity index (χ0n) is 14.6. The number of urea groups is 1. The molecule has 25 heavy (non-hydrogen) atoms. The average molecular weight is 342 g/mol. The van der Waals surface area contributed by atoms with Crippen molar-refractivity contribution in [3.63, 3.8) is 0 Å². The van der Waals surface area contributed by atoms with E-state index in [-0.39, 0.29) is 18.0 Å². The van der Waals surface area contributed by atoms with Crippen molar-refractivity contribution >= 4 is 17.6 Å². The quantitative estimate of drug-likeness (QED) is 0.796. The highest BCUT2D eigenvalue weighted by molar-refractivity contribution is 5.93. The maximum atomic E-state index is 12.1. The van der Waals surface area contributed by atoms with Gasteiger partial charge in [0.15, 0.2) is 0 Å². The van der Waals surface area contributed by atoms with Gasteiger partial charge in [-0.3, -0.25) is 4.79 Å². The van der Waals surface area contributed by atoms with Crippen molar-refractivity contribution < 1.29 is 14.1 Å². The van der Waals surface area contributed by atoms with Crippen molar-refractivity contribution in [3.05, 3.63) is 46.3 Å². The number of hydrogen-bond acceptors (Lipinski definition) is 4. The highest BCUT2D eigenvalue weighted by Crippen LogP contribution is 2.26. The van der Waals surface area contributed by atoms with Crippen LogP contribution >= 0.6 is 0 Å². The summed E-state index contributed by atoms with van der Waals surface area (Å²) in [5.41, 5.74) is 4.63. The summed E-state index contributed by atoms with van der Waals surface area (Å²) in [6.07, 6.45) is 1.22. The van der Waals surface area contributed by atoms with E-state index in [1.54, 1.807) is 0 Å². The number of nitrogens with zero attached hydrogens (tertiary/aromatic N) is 1. The van der Waals surface area contributed by atoms with Gasteiger partial charge in [0.1, 0.15) is 5.76 Å². The number of carbonyl (C=O) groups is 2. The molecular weight excluding hydrogens is 320 g/mol. The Morgan fingerprint density at radius 1 is 1.36 bits per heavy atom. The van der Waals surface area contributed by atoms with Crippen LogP contribution in [0.3, 0.4) is 0 Å². The molecule has 3 N–H and O–H groups in total. The summed E-state index contributed by atoms with van der Waals surface area (Å²) in [6.45, 7) is 5.97. The van der Waals surface area contributed by atoms with Gasteiger partial charge in [0.05, 0.1) is 11.7 Å². The standard InChI is InChI=1S/C18H22N4O3/c1-10(13-4-6-16-14(8-13)5-7-17(23)21-16)20-18(24)19-9-15-11(2)22-25-12(15)3/h4,6,8,10H,5,7,9H2,1-3H3,(H,21,23)(H2,19,20,24)/t10-/m1/s1. The van der Waals surface area contributed by atoms with Gasteiger partial charge in [0.2, 0.25) is 5.91 Å². The Morgan fingerprint density at radius 3 is 2.88 bits per heavy atom. The minimum Gasteiger partial charge on any atom is -0.361 e. The number of carbonyl (C=O) groups excluding carboxylic acids is 2. The molecule has 1 aromatic carbocycles. The van der Waals surface area contributed by atoms with Crippen LogP contribution in [-0.2, 0) is 17.8 Å². The summed E-state index contributed by atoms with van der Waals surface area (Å²) in [6, 6.07) is 5.45. The van der Waals surface area contributed by atoms with Gasteiger partial charge in [0.25, 0.3) is 0 Å². The van der Waals surface area contributed by atoms with Crippen molar-refractivity contribution in [2.45, 2.75) is 46.2 Å². The molecule has 0 saturated carbocycles. The number of aromatic nitrogens is 1. The predicted molar refractivity (Wildman–Crippen MR) is 93.2 cm³/mol. The topological polar surface area (TPSA) is 96.3 Å². The molecule has 0 saturated heterocycles. The molecular formula is C18H22N4O3. The van der Waals surface area contributed by atoms with Crippen molar-refractivity contribution in [3.8, 4) is 0 Å². The van der Waals surface area contributed by atoms with Crippen molar-refractivity contribution in [2.24, 2.45) is 0 Å². The third-order valence-corrected chi connectivity index (χ3v) is 4.48. The van der Waals surface area contributed by atoms with E-state index in [1.165, 1.54) is 0 Å². The van der Waals surface area contributed by atoms with Crippen LogP contribution in [0, 0.1) is 13.8 Å². The highest BCUT2D eigenvalue weighted by Gasteiger charge is 2.17. The van der Waals surface area contributed by atoms with E-state index in [0.717, 1.165) is 34.5 Å². The van der Waals surface area contributed by atoms with E-state index in [4.69, 9.17) is 4.52 Å². The normalized spacial score (nSPS) is 14.4. The minimum absolute atomic E-state index is 0.0464. The first-order valence-electron chi connectivity index (χ1n) is 8.33.